The van der Waals surface area contributed by atoms with Crippen LogP contribution in [0.2, 0.25) is 0 Å². The molecule has 1 aromatic carbocycles. The Morgan fingerprint density at radius 2 is 1.80 bits per heavy atom. The summed E-state index contributed by atoms with van der Waals surface area (Å²) in [7, 11) is 0. The summed E-state index contributed by atoms with van der Waals surface area (Å²) in [5, 5.41) is 8.55. The molecule has 1 aliphatic rings. The van der Waals surface area contributed by atoms with Crippen molar-refractivity contribution in [2.24, 2.45) is 11.8 Å². The normalized spacial score (nSPS) is 18.3. The zero-order chi connectivity index (χ0) is 17.6. The van der Waals surface area contributed by atoms with Crippen LogP contribution in [-0.4, -0.2) is 16.9 Å². The van der Waals surface area contributed by atoms with E-state index in [1.54, 1.807) is 12.4 Å². The van der Waals surface area contributed by atoms with Crippen molar-refractivity contribution in [2.45, 2.75) is 26.4 Å². The second-order valence-electron chi connectivity index (χ2n) is 6.40. The minimum Gasteiger partial charge on any atom is -0.352 e. The topological polar surface area (TPSA) is 83.1 Å². The van der Waals surface area contributed by atoms with Crippen molar-refractivity contribution < 1.29 is 9.59 Å². The second kappa shape index (κ2) is 7.79. The summed E-state index contributed by atoms with van der Waals surface area (Å²) in [6.07, 6.45) is 4.36. The molecule has 3 N–H and O–H groups in total. The Morgan fingerprint density at radius 1 is 1.08 bits per heavy atom. The quantitative estimate of drug-likeness (QED) is 0.757. The first kappa shape index (κ1) is 17.0. The molecule has 6 nitrogen and oxygen atoms in total. The van der Waals surface area contributed by atoms with Gasteiger partial charge >= 0.3 is 6.03 Å². The number of nitrogens with zero attached hydrogens (tertiary/aromatic N) is 1. The monoisotopic (exact) mass is 338 g/mol. The molecule has 2 atom stereocenters. The Labute approximate surface area is 147 Å². The van der Waals surface area contributed by atoms with E-state index in [2.05, 4.69) is 27.9 Å². The Hall–Kier alpha value is -2.89. The number of anilines is 1. The fourth-order valence-electron chi connectivity index (χ4n) is 2.63. The van der Waals surface area contributed by atoms with E-state index >= 15 is 0 Å². The summed E-state index contributed by atoms with van der Waals surface area (Å²) in [6, 6.07) is 10.9. The van der Waals surface area contributed by atoms with Crippen LogP contribution in [0.25, 0.3) is 0 Å². The SMILES string of the molecule is C[C@@H]1C[C@@H]1C(=O)NCc1cccc(NC(=O)NCc2ccncc2)c1. The highest BCUT2D eigenvalue weighted by atomic mass is 16.2. The van der Waals surface area contributed by atoms with Crippen LogP contribution < -0.4 is 16.0 Å². The number of rotatable bonds is 6. The average Bonchev–Trinajstić information content (AvgIpc) is 3.36. The van der Waals surface area contributed by atoms with Gasteiger partial charge in [-0.3, -0.25) is 9.78 Å². The van der Waals surface area contributed by atoms with Gasteiger partial charge in [0.05, 0.1) is 0 Å². The summed E-state index contributed by atoms with van der Waals surface area (Å²) in [5.41, 5.74) is 2.63. The molecule has 1 fully saturated rings. The molecule has 0 radical (unpaired) electrons. The van der Waals surface area contributed by atoms with Gasteiger partial charge < -0.3 is 16.0 Å². The van der Waals surface area contributed by atoms with Gasteiger partial charge in [-0.05, 0) is 47.7 Å². The van der Waals surface area contributed by atoms with Crippen LogP contribution in [0.4, 0.5) is 10.5 Å². The first-order chi connectivity index (χ1) is 12.1. The standard InChI is InChI=1S/C19H22N4O2/c1-13-9-17(13)18(24)21-12-15-3-2-4-16(10-15)23-19(25)22-11-14-5-7-20-8-6-14/h2-8,10,13,17H,9,11-12H2,1H3,(H,21,24)(H2,22,23,25)/t13-,17+/m1/s1. The fraction of sp³-hybridized carbons (Fsp3) is 0.316. The summed E-state index contributed by atoms with van der Waals surface area (Å²) in [4.78, 5) is 27.8. The first-order valence-electron chi connectivity index (χ1n) is 8.42. The van der Waals surface area contributed by atoms with E-state index in [1.165, 1.54) is 0 Å². The molecule has 0 bridgehead atoms. The molecule has 0 spiro atoms. The highest BCUT2D eigenvalue weighted by Crippen LogP contribution is 2.37. The largest absolute Gasteiger partial charge is 0.352 e. The van der Waals surface area contributed by atoms with E-state index in [9.17, 15) is 9.59 Å². The van der Waals surface area contributed by atoms with E-state index in [-0.39, 0.29) is 17.9 Å². The lowest BCUT2D eigenvalue weighted by Gasteiger charge is -2.10. The van der Waals surface area contributed by atoms with Gasteiger partial charge in [0, 0.05) is 37.1 Å². The number of hydrogen-bond donors (Lipinski definition) is 3. The van der Waals surface area contributed by atoms with Crippen LogP contribution in [0.3, 0.4) is 0 Å². The van der Waals surface area contributed by atoms with Crippen LogP contribution >= 0.6 is 0 Å². The summed E-state index contributed by atoms with van der Waals surface area (Å²) < 4.78 is 0. The molecule has 25 heavy (non-hydrogen) atoms. The predicted octanol–water partition coefficient (Wildman–Crippen LogP) is 2.68. The molecule has 3 rings (SSSR count). The van der Waals surface area contributed by atoms with Gasteiger partial charge in [-0.25, -0.2) is 4.79 Å². The summed E-state index contributed by atoms with van der Waals surface area (Å²) in [5.74, 6) is 0.776. The number of amides is 3. The van der Waals surface area contributed by atoms with Crippen LogP contribution in [-0.2, 0) is 17.9 Å². The molecule has 1 aromatic heterocycles. The van der Waals surface area contributed by atoms with Gasteiger partial charge in [0.1, 0.15) is 0 Å². The number of urea groups is 1. The van der Waals surface area contributed by atoms with Crippen molar-refractivity contribution in [1.29, 1.82) is 0 Å². The second-order valence-corrected chi connectivity index (χ2v) is 6.40. The van der Waals surface area contributed by atoms with Crippen LogP contribution in [0.1, 0.15) is 24.5 Å². The van der Waals surface area contributed by atoms with Crippen molar-refractivity contribution in [2.75, 3.05) is 5.32 Å². The number of carbonyl (C=O) groups is 2. The molecular weight excluding hydrogens is 316 g/mol. The molecule has 0 saturated heterocycles. The van der Waals surface area contributed by atoms with Gasteiger partial charge in [-0.15, -0.1) is 0 Å². The maximum Gasteiger partial charge on any atom is 0.319 e. The van der Waals surface area contributed by atoms with Crippen molar-refractivity contribution in [1.82, 2.24) is 15.6 Å². The lowest BCUT2D eigenvalue weighted by atomic mass is 10.2. The van der Waals surface area contributed by atoms with Crippen molar-refractivity contribution in [3.8, 4) is 0 Å². The molecule has 130 valence electrons. The highest BCUT2D eigenvalue weighted by Gasteiger charge is 2.38. The van der Waals surface area contributed by atoms with E-state index in [4.69, 9.17) is 0 Å². The third-order valence-electron chi connectivity index (χ3n) is 4.30. The van der Waals surface area contributed by atoms with Crippen LogP contribution in [0.15, 0.2) is 48.8 Å². The van der Waals surface area contributed by atoms with Crippen molar-refractivity contribution >= 4 is 17.6 Å². The van der Waals surface area contributed by atoms with Gasteiger partial charge in [0.25, 0.3) is 0 Å². The lowest BCUT2D eigenvalue weighted by Crippen LogP contribution is -2.28. The zero-order valence-corrected chi connectivity index (χ0v) is 14.2. The Kier molecular flexibility index (Phi) is 5.28. The molecule has 0 aliphatic heterocycles. The van der Waals surface area contributed by atoms with Gasteiger partial charge in [-0.1, -0.05) is 19.1 Å². The van der Waals surface area contributed by atoms with E-state index in [0.29, 0.717) is 24.7 Å². The molecule has 6 heteroatoms. The van der Waals surface area contributed by atoms with E-state index < -0.39 is 0 Å². The van der Waals surface area contributed by atoms with Crippen molar-refractivity contribution in [3.63, 3.8) is 0 Å². The van der Waals surface area contributed by atoms with Gasteiger partial charge in [0.15, 0.2) is 0 Å². The number of aromatic nitrogens is 1. The Balaban J connectivity index is 1.47. The maximum atomic E-state index is 12.0. The fourth-order valence-corrected chi connectivity index (χ4v) is 2.63. The van der Waals surface area contributed by atoms with Crippen molar-refractivity contribution in [3.05, 3.63) is 59.9 Å². The van der Waals surface area contributed by atoms with E-state index in [0.717, 1.165) is 17.5 Å². The van der Waals surface area contributed by atoms with Crippen LogP contribution in [0.5, 0.6) is 0 Å². The molecule has 1 aliphatic carbocycles. The van der Waals surface area contributed by atoms with Crippen LogP contribution in [0, 0.1) is 11.8 Å². The Morgan fingerprint density at radius 3 is 2.52 bits per heavy atom. The molecule has 1 saturated carbocycles. The summed E-state index contributed by atoms with van der Waals surface area (Å²) >= 11 is 0. The summed E-state index contributed by atoms with van der Waals surface area (Å²) in [6.45, 7) is 2.99. The van der Waals surface area contributed by atoms with Gasteiger partial charge in [-0.2, -0.15) is 0 Å². The van der Waals surface area contributed by atoms with Gasteiger partial charge in [0.2, 0.25) is 5.91 Å². The Bertz CT molecular complexity index is 748. The minimum absolute atomic E-state index is 0.112. The third kappa shape index (κ3) is 5.04. The molecule has 3 amide bonds. The molecule has 1 heterocycles. The number of pyridine rings is 1. The van der Waals surface area contributed by atoms with E-state index in [1.807, 2.05) is 36.4 Å². The number of hydrogen-bond acceptors (Lipinski definition) is 3. The number of benzene rings is 1. The minimum atomic E-state index is -0.273. The zero-order valence-electron chi connectivity index (χ0n) is 14.2. The first-order valence-corrected chi connectivity index (χ1v) is 8.42. The number of carbonyl (C=O) groups excluding carboxylic acids is 2. The predicted molar refractivity (Wildman–Crippen MR) is 95.7 cm³/mol. The third-order valence-corrected chi connectivity index (χ3v) is 4.30. The molecule has 2 aromatic rings. The smallest absolute Gasteiger partial charge is 0.319 e. The number of nitrogens with one attached hydrogen (secondary N) is 3. The molecule has 0 unspecified atom stereocenters. The maximum absolute atomic E-state index is 12.0. The highest BCUT2D eigenvalue weighted by molar-refractivity contribution is 5.89. The lowest BCUT2D eigenvalue weighted by molar-refractivity contribution is -0.122. The molecular formula is C19H22N4O2. The average molecular weight is 338 g/mol.